The molecule has 2 aliphatic rings. The highest BCUT2D eigenvalue weighted by atomic mass is 32.1. The first-order valence-corrected chi connectivity index (χ1v) is 8.90. The number of hydrogen-bond acceptors (Lipinski definition) is 5. The smallest absolute Gasteiger partial charge is 0.475 e. The van der Waals surface area contributed by atoms with E-state index in [9.17, 15) is 13.2 Å². The van der Waals surface area contributed by atoms with Gasteiger partial charge in [0.2, 0.25) is 0 Å². The lowest BCUT2D eigenvalue weighted by Gasteiger charge is -2.35. The van der Waals surface area contributed by atoms with Crippen molar-refractivity contribution in [1.82, 2.24) is 4.90 Å². The van der Waals surface area contributed by atoms with Crippen molar-refractivity contribution in [1.29, 1.82) is 0 Å². The number of alkyl halides is 3. The van der Waals surface area contributed by atoms with Gasteiger partial charge in [-0.1, -0.05) is 6.07 Å². The highest BCUT2D eigenvalue weighted by molar-refractivity contribution is 7.09. The maximum atomic E-state index is 10.6. The Bertz CT molecular complexity index is 538. The second-order valence-electron chi connectivity index (χ2n) is 6.04. The summed E-state index contributed by atoms with van der Waals surface area (Å²) in [7, 11) is 1.76. The van der Waals surface area contributed by atoms with Crippen LogP contribution in [0.2, 0.25) is 0 Å². The van der Waals surface area contributed by atoms with E-state index in [1.54, 1.807) is 7.11 Å². The Hall–Kier alpha value is -1.16. The van der Waals surface area contributed by atoms with Crippen molar-refractivity contribution in [2.24, 2.45) is 0 Å². The van der Waals surface area contributed by atoms with Gasteiger partial charge in [-0.15, -0.1) is 11.3 Å². The van der Waals surface area contributed by atoms with Gasteiger partial charge in [-0.05, 0) is 30.7 Å². The normalized spacial score (nSPS) is 26.6. The highest BCUT2D eigenvalue weighted by Gasteiger charge is 2.39. The molecule has 2 aliphatic heterocycles. The van der Waals surface area contributed by atoms with Crippen LogP contribution in [-0.4, -0.2) is 60.7 Å². The molecule has 3 rings (SSSR count). The Labute approximate surface area is 148 Å². The van der Waals surface area contributed by atoms with Gasteiger partial charge in [-0.25, -0.2) is 4.79 Å². The van der Waals surface area contributed by atoms with E-state index in [-0.39, 0.29) is 0 Å². The molecule has 1 aromatic rings. The summed E-state index contributed by atoms with van der Waals surface area (Å²) in [6, 6.07) is 5.00. The fraction of sp³-hybridized carbons (Fsp3) is 0.688. The van der Waals surface area contributed by atoms with Gasteiger partial charge in [0.1, 0.15) is 0 Å². The summed E-state index contributed by atoms with van der Waals surface area (Å²) < 4.78 is 43.1. The Morgan fingerprint density at radius 3 is 2.72 bits per heavy atom. The molecule has 5 nitrogen and oxygen atoms in total. The van der Waals surface area contributed by atoms with Crippen LogP contribution in [0, 0.1) is 0 Å². The van der Waals surface area contributed by atoms with Crippen LogP contribution < -0.4 is 0 Å². The van der Waals surface area contributed by atoms with Crippen molar-refractivity contribution < 1.29 is 32.5 Å². The molecule has 0 radical (unpaired) electrons. The first-order chi connectivity index (χ1) is 11.8. The molecule has 2 fully saturated rings. The molecule has 0 amide bonds. The molecular weight excluding hydrogens is 359 g/mol. The van der Waals surface area contributed by atoms with E-state index in [1.807, 2.05) is 11.3 Å². The monoisotopic (exact) mass is 381 g/mol. The molecule has 9 heteroatoms. The van der Waals surface area contributed by atoms with Crippen LogP contribution in [0.4, 0.5) is 13.2 Å². The molecule has 3 atom stereocenters. The highest BCUT2D eigenvalue weighted by Crippen LogP contribution is 2.32. The van der Waals surface area contributed by atoms with Gasteiger partial charge in [-0.2, -0.15) is 13.2 Å². The lowest BCUT2D eigenvalue weighted by Crippen LogP contribution is -2.43. The van der Waals surface area contributed by atoms with Crippen LogP contribution in [0.1, 0.15) is 24.1 Å². The van der Waals surface area contributed by atoms with Crippen molar-refractivity contribution in [3.05, 3.63) is 22.4 Å². The van der Waals surface area contributed by atoms with E-state index >= 15 is 0 Å². The van der Waals surface area contributed by atoms with Gasteiger partial charge in [0, 0.05) is 31.1 Å². The average Bonchev–Trinajstić information content (AvgIpc) is 3.18. The second-order valence-corrected chi connectivity index (χ2v) is 7.07. The summed E-state index contributed by atoms with van der Waals surface area (Å²) in [5.74, 6) is -2.76. The number of hydrogen-bond donors (Lipinski definition) is 1. The summed E-state index contributed by atoms with van der Waals surface area (Å²) in [6.45, 7) is 3.01. The fourth-order valence-electron chi connectivity index (χ4n) is 3.19. The molecule has 2 saturated heterocycles. The third kappa shape index (κ3) is 5.95. The quantitative estimate of drug-likeness (QED) is 0.868. The predicted molar refractivity (Wildman–Crippen MR) is 86.6 cm³/mol. The number of fused-ring (bicyclic) bond motifs is 1. The number of ether oxygens (including phenoxy) is 2. The number of thiophene rings is 1. The molecule has 1 N–H and O–H groups in total. The van der Waals surface area contributed by atoms with E-state index in [0.29, 0.717) is 18.2 Å². The Balaban J connectivity index is 0.000000277. The Kier molecular flexibility index (Phi) is 7.24. The molecule has 1 aromatic heterocycles. The van der Waals surface area contributed by atoms with Gasteiger partial charge in [0.15, 0.2) is 0 Å². The van der Waals surface area contributed by atoms with E-state index in [2.05, 4.69) is 22.4 Å². The number of carbonyl (C=O) groups is 1. The zero-order valence-electron chi connectivity index (χ0n) is 13.9. The van der Waals surface area contributed by atoms with Crippen LogP contribution in [0.3, 0.4) is 0 Å². The van der Waals surface area contributed by atoms with Crippen LogP contribution in [0.5, 0.6) is 0 Å². The average molecular weight is 381 g/mol. The molecule has 0 saturated carbocycles. The fourth-order valence-corrected chi connectivity index (χ4v) is 3.92. The first kappa shape index (κ1) is 20.2. The number of carboxylic acids is 1. The standard InChI is InChI=1S/C14H21NO2S.C2HF3O2/c1-16-10-11-4-5-13-14(17-11)6-7-15(13)9-12-3-2-8-18-12;3-2(4,5)1(6)7/h2-3,8,11,13-14H,4-7,9-10H2,1H3;(H,6,7)/t11-,13+,14+;/m1./s1. The minimum absolute atomic E-state index is 0.318. The van der Waals surface area contributed by atoms with Gasteiger partial charge < -0.3 is 14.6 Å². The van der Waals surface area contributed by atoms with E-state index < -0.39 is 12.1 Å². The van der Waals surface area contributed by atoms with Crippen molar-refractivity contribution >= 4 is 17.3 Å². The third-order valence-electron chi connectivity index (χ3n) is 4.28. The van der Waals surface area contributed by atoms with Crippen molar-refractivity contribution in [2.75, 3.05) is 20.3 Å². The van der Waals surface area contributed by atoms with Crippen LogP contribution in [0.15, 0.2) is 17.5 Å². The number of aliphatic carboxylic acids is 1. The van der Waals surface area contributed by atoms with Crippen molar-refractivity contribution in [3.63, 3.8) is 0 Å². The van der Waals surface area contributed by atoms with Crippen molar-refractivity contribution in [3.8, 4) is 0 Å². The van der Waals surface area contributed by atoms with Gasteiger partial charge in [0.25, 0.3) is 0 Å². The minimum atomic E-state index is -5.08. The van der Waals surface area contributed by atoms with Gasteiger partial charge >= 0.3 is 12.1 Å². The maximum absolute atomic E-state index is 10.6. The Morgan fingerprint density at radius 2 is 2.16 bits per heavy atom. The summed E-state index contributed by atoms with van der Waals surface area (Å²) in [5, 5.41) is 9.29. The summed E-state index contributed by atoms with van der Waals surface area (Å²) >= 11 is 1.86. The number of halogens is 3. The molecule has 0 spiro atoms. The number of likely N-dealkylation sites (tertiary alicyclic amines) is 1. The molecule has 0 aromatic carbocycles. The topological polar surface area (TPSA) is 59.0 Å². The van der Waals surface area contributed by atoms with Crippen LogP contribution in [0.25, 0.3) is 0 Å². The predicted octanol–water partition coefficient (Wildman–Crippen LogP) is 3.15. The molecule has 0 aliphatic carbocycles. The number of nitrogens with zero attached hydrogens (tertiary/aromatic N) is 1. The number of methoxy groups -OCH3 is 1. The maximum Gasteiger partial charge on any atom is 0.490 e. The zero-order chi connectivity index (χ0) is 18.4. The minimum Gasteiger partial charge on any atom is -0.475 e. The molecule has 0 unspecified atom stereocenters. The first-order valence-electron chi connectivity index (χ1n) is 8.02. The van der Waals surface area contributed by atoms with Gasteiger partial charge in [0.05, 0.1) is 18.8 Å². The molecule has 0 bridgehead atoms. The molecule has 3 heterocycles. The van der Waals surface area contributed by atoms with E-state index in [4.69, 9.17) is 19.4 Å². The zero-order valence-corrected chi connectivity index (χ0v) is 14.7. The number of carboxylic acid groups (broad SMARTS) is 1. The van der Waals surface area contributed by atoms with Crippen molar-refractivity contribution in [2.45, 2.75) is 50.2 Å². The lowest BCUT2D eigenvalue weighted by atomic mass is 9.99. The second kappa shape index (κ2) is 8.98. The van der Waals surface area contributed by atoms with Gasteiger partial charge in [-0.3, -0.25) is 4.90 Å². The Morgan fingerprint density at radius 1 is 1.44 bits per heavy atom. The molecular formula is C16H22F3NO4S. The third-order valence-corrected chi connectivity index (χ3v) is 5.15. The molecule has 25 heavy (non-hydrogen) atoms. The van der Waals surface area contributed by atoms with E-state index in [1.165, 1.54) is 24.3 Å². The SMILES string of the molecule is COC[C@H]1CC[C@H]2[C@H](CCN2Cc2cccs2)O1.O=C(O)C(F)(F)F. The largest absolute Gasteiger partial charge is 0.490 e. The summed E-state index contributed by atoms with van der Waals surface area (Å²) in [4.78, 5) is 13.0. The molecule has 142 valence electrons. The lowest BCUT2D eigenvalue weighted by molar-refractivity contribution is -0.192. The van der Waals surface area contributed by atoms with E-state index in [0.717, 1.165) is 19.6 Å². The summed E-state index contributed by atoms with van der Waals surface area (Å²) in [6.07, 6.45) is -0.771. The van der Waals surface area contributed by atoms with Crippen LogP contribution in [-0.2, 0) is 20.8 Å². The summed E-state index contributed by atoms with van der Waals surface area (Å²) in [5.41, 5.74) is 0. The van der Waals surface area contributed by atoms with Crippen LogP contribution >= 0.6 is 11.3 Å². The number of rotatable bonds is 4.